The summed E-state index contributed by atoms with van der Waals surface area (Å²) < 4.78 is 25.3. The molecule has 1 aromatic carbocycles. The van der Waals surface area contributed by atoms with E-state index in [4.69, 9.17) is 23.2 Å². The Kier molecular flexibility index (Phi) is 4.37. The first-order chi connectivity index (χ1) is 7.74. The number of benzene rings is 1. The van der Waals surface area contributed by atoms with Gasteiger partial charge >= 0.3 is 0 Å². The molecular weight excluding hydrogens is 289 g/mol. The predicted octanol–water partition coefficient (Wildman–Crippen LogP) is 0.410. The number of rotatable bonds is 4. The Labute approximate surface area is 108 Å². The van der Waals surface area contributed by atoms with E-state index < -0.39 is 22.0 Å². The van der Waals surface area contributed by atoms with Crippen LogP contribution < -0.4 is 9.83 Å². The standard InChI is InChI=1S/C9H9Cl2NO4S/c1-5(9(13)14)12-17(15,16)6-2-3-7(10)8(11)4-6/h2-5,12H,1H3,(H,13,14)/p-1/t5-/m0/s1. The van der Waals surface area contributed by atoms with Crippen LogP contribution in [0.2, 0.25) is 10.0 Å². The SMILES string of the molecule is C[C@H](NS(=O)(=O)c1ccc(Cl)c(Cl)c1)C(=O)[O-]. The van der Waals surface area contributed by atoms with Gasteiger partial charge in [0.15, 0.2) is 0 Å². The van der Waals surface area contributed by atoms with E-state index >= 15 is 0 Å². The van der Waals surface area contributed by atoms with Gasteiger partial charge in [0.25, 0.3) is 0 Å². The summed E-state index contributed by atoms with van der Waals surface area (Å²) in [5, 5.41) is 10.7. The maximum absolute atomic E-state index is 11.7. The van der Waals surface area contributed by atoms with Crippen molar-refractivity contribution in [1.82, 2.24) is 4.72 Å². The molecule has 0 aliphatic rings. The zero-order valence-corrected chi connectivity index (χ0v) is 10.9. The molecule has 8 heteroatoms. The number of nitrogens with one attached hydrogen (secondary N) is 1. The van der Waals surface area contributed by atoms with Crippen LogP contribution in [-0.2, 0) is 14.8 Å². The van der Waals surface area contributed by atoms with Crippen molar-refractivity contribution in [3.05, 3.63) is 28.2 Å². The second kappa shape index (κ2) is 5.22. The number of sulfonamides is 1. The van der Waals surface area contributed by atoms with Crippen molar-refractivity contribution in [3.8, 4) is 0 Å². The minimum Gasteiger partial charge on any atom is -0.548 e. The Hall–Kier alpha value is -0.820. The van der Waals surface area contributed by atoms with Gasteiger partial charge in [-0.25, -0.2) is 13.1 Å². The van der Waals surface area contributed by atoms with Crippen molar-refractivity contribution in [1.29, 1.82) is 0 Å². The van der Waals surface area contributed by atoms with Crippen LogP contribution in [0.3, 0.4) is 0 Å². The van der Waals surface area contributed by atoms with Gasteiger partial charge in [0.1, 0.15) is 0 Å². The summed E-state index contributed by atoms with van der Waals surface area (Å²) >= 11 is 11.3. The van der Waals surface area contributed by atoms with Crippen LogP contribution in [0.15, 0.2) is 23.1 Å². The van der Waals surface area contributed by atoms with Crippen LogP contribution in [0, 0.1) is 0 Å². The molecule has 0 aromatic heterocycles. The Bertz CT molecular complexity index is 544. The van der Waals surface area contributed by atoms with Gasteiger partial charge in [-0.05, 0) is 25.1 Å². The number of carbonyl (C=O) groups is 1. The highest BCUT2D eigenvalue weighted by Gasteiger charge is 2.18. The highest BCUT2D eigenvalue weighted by atomic mass is 35.5. The lowest BCUT2D eigenvalue weighted by molar-refractivity contribution is -0.307. The number of hydrogen-bond acceptors (Lipinski definition) is 4. The van der Waals surface area contributed by atoms with E-state index in [-0.39, 0.29) is 14.9 Å². The van der Waals surface area contributed by atoms with Gasteiger partial charge in [-0.2, -0.15) is 0 Å². The van der Waals surface area contributed by atoms with Gasteiger partial charge in [0.05, 0.1) is 27.0 Å². The van der Waals surface area contributed by atoms with Gasteiger partial charge in [0, 0.05) is 0 Å². The van der Waals surface area contributed by atoms with Crippen molar-refractivity contribution in [2.75, 3.05) is 0 Å². The molecule has 1 atom stereocenters. The quantitative estimate of drug-likeness (QED) is 0.872. The van der Waals surface area contributed by atoms with Crippen LogP contribution in [0.25, 0.3) is 0 Å². The summed E-state index contributed by atoms with van der Waals surface area (Å²) in [5.41, 5.74) is 0. The second-order valence-corrected chi connectivity index (χ2v) is 5.77. The molecule has 0 unspecified atom stereocenters. The molecule has 0 aliphatic heterocycles. The summed E-state index contributed by atoms with van der Waals surface area (Å²) in [6, 6.07) is 2.32. The number of carboxylic acid groups (broad SMARTS) is 1. The third-order valence-corrected chi connectivity index (χ3v) is 4.16. The number of carboxylic acids is 1. The third-order valence-electron chi connectivity index (χ3n) is 1.89. The molecule has 0 saturated carbocycles. The molecule has 17 heavy (non-hydrogen) atoms. The Morgan fingerprint density at radius 3 is 2.41 bits per heavy atom. The summed E-state index contributed by atoms with van der Waals surface area (Å²) in [6.45, 7) is 1.16. The fraction of sp³-hybridized carbons (Fsp3) is 0.222. The lowest BCUT2D eigenvalue weighted by atomic mass is 10.4. The van der Waals surface area contributed by atoms with E-state index in [0.717, 1.165) is 13.0 Å². The molecule has 0 aliphatic carbocycles. The van der Waals surface area contributed by atoms with Gasteiger partial charge in [-0.15, -0.1) is 0 Å². The van der Waals surface area contributed by atoms with Crippen LogP contribution in [0.4, 0.5) is 0 Å². The highest BCUT2D eigenvalue weighted by Crippen LogP contribution is 2.24. The minimum absolute atomic E-state index is 0.0654. The lowest BCUT2D eigenvalue weighted by Gasteiger charge is -2.15. The highest BCUT2D eigenvalue weighted by molar-refractivity contribution is 7.89. The average molecular weight is 297 g/mol. The molecule has 5 nitrogen and oxygen atoms in total. The van der Waals surface area contributed by atoms with E-state index in [2.05, 4.69) is 0 Å². The smallest absolute Gasteiger partial charge is 0.241 e. The minimum atomic E-state index is -3.96. The largest absolute Gasteiger partial charge is 0.548 e. The van der Waals surface area contributed by atoms with Crippen molar-refractivity contribution in [3.63, 3.8) is 0 Å². The maximum Gasteiger partial charge on any atom is 0.241 e. The topological polar surface area (TPSA) is 86.3 Å². The van der Waals surface area contributed by atoms with Gasteiger partial charge in [-0.1, -0.05) is 23.2 Å². The monoisotopic (exact) mass is 296 g/mol. The fourth-order valence-electron chi connectivity index (χ4n) is 0.993. The third kappa shape index (κ3) is 3.57. The maximum atomic E-state index is 11.7. The van der Waals surface area contributed by atoms with Crippen molar-refractivity contribution >= 4 is 39.2 Å². The number of carbonyl (C=O) groups excluding carboxylic acids is 1. The molecule has 1 N–H and O–H groups in total. The first kappa shape index (κ1) is 14.2. The summed E-state index contributed by atoms with van der Waals surface area (Å²) in [7, 11) is -3.96. The second-order valence-electron chi connectivity index (χ2n) is 3.24. The molecule has 1 rings (SSSR count). The molecule has 0 radical (unpaired) electrons. The van der Waals surface area contributed by atoms with Crippen molar-refractivity contribution in [2.45, 2.75) is 17.9 Å². The van der Waals surface area contributed by atoms with Crippen LogP contribution >= 0.6 is 23.2 Å². The fourth-order valence-corrected chi connectivity index (χ4v) is 2.57. The van der Waals surface area contributed by atoms with Crippen LogP contribution in [0.1, 0.15) is 6.92 Å². The van der Waals surface area contributed by atoms with Crippen molar-refractivity contribution in [2.24, 2.45) is 0 Å². The van der Waals surface area contributed by atoms with Gasteiger partial charge in [-0.3, -0.25) is 0 Å². The van der Waals surface area contributed by atoms with E-state index in [1.807, 2.05) is 4.72 Å². The molecule has 0 amide bonds. The number of hydrogen-bond donors (Lipinski definition) is 1. The molecule has 1 aromatic rings. The first-order valence-electron chi connectivity index (χ1n) is 4.42. The summed E-state index contributed by atoms with van der Waals surface area (Å²) in [6.07, 6.45) is 0. The Morgan fingerprint density at radius 2 is 1.94 bits per heavy atom. The molecule has 0 heterocycles. The number of halogens is 2. The lowest BCUT2D eigenvalue weighted by Crippen LogP contribution is -2.45. The molecular formula is C9H8Cl2NO4S-. The Morgan fingerprint density at radius 1 is 1.35 bits per heavy atom. The van der Waals surface area contributed by atoms with Gasteiger partial charge < -0.3 is 9.90 Å². The van der Waals surface area contributed by atoms with E-state index in [1.165, 1.54) is 12.1 Å². The van der Waals surface area contributed by atoms with E-state index in [0.29, 0.717) is 0 Å². The van der Waals surface area contributed by atoms with E-state index in [9.17, 15) is 18.3 Å². The van der Waals surface area contributed by atoms with Crippen LogP contribution in [-0.4, -0.2) is 20.4 Å². The molecule has 94 valence electrons. The molecule has 0 saturated heterocycles. The average Bonchev–Trinajstić information content (AvgIpc) is 2.21. The summed E-state index contributed by atoms with van der Waals surface area (Å²) in [5.74, 6) is -1.52. The summed E-state index contributed by atoms with van der Waals surface area (Å²) in [4.78, 5) is 10.3. The zero-order valence-electron chi connectivity index (χ0n) is 8.61. The van der Waals surface area contributed by atoms with Crippen molar-refractivity contribution < 1.29 is 18.3 Å². The Balaban J connectivity index is 3.05. The van der Waals surface area contributed by atoms with Gasteiger partial charge in [0.2, 0.25) is 10.0 Å². The van der Waals surface area contributed by atoms with E-state index in [1.54, 1.807) is 0 Å². The molecule has 0 spiro atoms. The van der Waals surface area contributed by atoms with Crippen LogP contribution in [0.5, 0.6) is 0 Å². The first-order valence-corrected chi connectivity index (χ1v) is 6.66. The number of aliphatic carboxylic acids is 1. The molecule has 0 bridgehead atoms. The zero-order chi connectivity index (χ0) is 13.2. The normalized spacial score (nSPS) is 13.4. The molecule has 0 fully saturated rings. The predicted molar refractivity (Wildman–Crippen MR) is 61.3 cm³/mol.